The molecule has 0 saturated carbocycles. The highest BCUT2D eigenvalue weighted by molar-refractivity contribution is 5.71. The first kappa shape index (κ1) is 18.7. The lowest BCUT2D eigenvalue weighted by Crippen LogP contribution is -2.39. The quantitative estimate of drug-likeness (QED) is 0.689. The van der Waals surface area contributed by atoms with Crippen molar-refractivity contribution in [1.29, 1.82) is 0 Å². The van der Waals surface area contributed by atoms with Gasteiger partial charge < -0.3 is 4.74 Å². The van der Waals surface area contributed by atoms with Gasteiger partial charge in [0.05, 0.1) is 18.3 Å². The maximum atomic E-state index is 13.1. The fourth-order valence-electron chi connectivity index (χ4n) is 4.05. The molecule has 2 saturated heterocycles. The van der Waals surface area contributed by atoms with Gasteiger partial charge in [-0.05, 0) is 31.0 Å². The zero-order valence-corrected chi connectivity index (χ0v) is 16.1. The average molecular weight is 384 g/mol. The highest BCUT2D eigenvalue weighted by Gasteiger charge is 2.47. The summed E-state index contributed by atoms with van der Waals surface area (Å²) in [6.45, 7) is 9.35. The summed E-state index contributed by atoms with van der Waals surface area (Å²) >= 11 is 0. The Hall–Kier alpha value is -2.67. The van der Waals surface area contributed by atoms with Crippen molar-refractivity contribution < 1.29 is 13.9 Å². The van der Waals surface area contributed by atoms with Crippen LogP contribution in [-0.4, -0.2) is 57.5 Å². The second kappa shape index (κ2) is 7.75. The minimum absolute atomic E-state index is 0.0662. The van der Waals surface area contributed by atoms with Crippen LogP contribution in [0.1, 0.15) is 16.8 Å². The van der Waals surface area contributed by atoms with Crippen LogP contribution < -0.4 is 0 Å². The number of fused-ring (bicyclic) bond motifs is 1. The normalized spacial score (nSPS) is 21.8. The molecule has 0 N–H and O–H groups in total. The van der Waals surface area contributed by atoms with E-state index in [0.29, 0.717) is 19.5 Å². The summed E-state index contributed by atoms with van der Waals surface area (Å²) in [7, 11) is 0. The van der Waals surface area contributed by atoms with E-state index in [9.17, 15) is 9.18 Å². The molecule has 1 aromatic carbocycles. The monoisotopic (exact) mass is 384 g/mol. The molecule has 2 fully saturated rings. The summed E-state index contributed by atoms with van der Waals surface area (Å²) in [5, 5.41) is 4.51. The number of carbonyl (C=O) groups is 1. The van der Waals surface area contributed by atoms with Crippen molar-refractivity contribution in [2.24, 2.45) is 0 Å². The van der Waals surface area contributed by atoms with E-state index >= 15 is 0 Å². The zero-order valence-electron chi connectivity index (χ0n) is 16.1. The van der Waals surface area contributed by atoms with Crippen molar-refractivity contribution in [3.05, 3.63) is 65.8 Å². The predicted octanol–water partition coefficient (Wildman–Crippen LogP) is 2.76. The highest BCUT2D eigenvalue weighted by Crippen LogP contribution is 2.28. The maximum absolute atomic E-state index is 13.1. The molecule has 7 heteroatoms. The van der Waals surface area contributed by atoms with E-state index < -0.39 is 0 Å². The molecule has 0 bridgehead atoms. The number of likely N-dealkylation sites (tertiary alicyclic amines) is 1. The Morgan fingerprint density at radius 2 is 2.11 bits per heavy atom. The Kier molecular flexibility index (Phi) is 5.17. The smallest absolute Gasteiger partial charge is 0.410 e. The molecule has 6 nitrogen and oxygen atoms in total. The Labute approximate surface area is 164 Å². The van der Waals surface area contributed by atoms with Crippen LogP contribution in [0.2, 0.25) is 0 Å². The number of hydrogen-bond donors (Lipinski definition) is 0. The van der Waals surface area contributed by atoms with Crippen LogP contribution in [-0.2, 0) is 24.2 Å². The fourth-order valence-corrected chi connectivity index (χ4v) is 4.05. The lowest BCUT2D eigenvalue weighted by molar-refractivity contribution is 0.120. The van der Waals surface area contributed by atoms with Gasteiger partial charge in [0, 0.05) is 37.9 Å². The lowest BCUT2D eigenvalue weighted by atomic mass is 10.1. The molecule has 0 unspecified atom stereocenters. The van der Waals surface area contributed by atoms with E-state index in [1.807, 2.05) is 22.6 Å². The second-order valence-corrected chi connectivity index (χ2v) is 7.50. The third-order valence-corrected chi connectivity index (χ3v) is 5.51. The Morgan fingerprint density at radius 3 is 2.86 bits per heavy atom. The topological polar surface area (TPSA) is 50.6 Å². The summed E-state index contributed by atoms with van der Waals surface area (Å²) in [4.78, 5) is 16.4. The van der Waals surface area contributed by atoms with E-state index in [-0.39, 0.29) is 24.1 Å². The van der Waals surface area contributed by atoms with Crippen LogP contribution in [0.4, 0.5) is 9.18 Å². The number of aromatic nitrogens is 2. The van der Waals surface area contributed by atoms with Gasteiger partial charge in [-0.3, -0.25) is 14.5 Å². The van der Waals surface area contributed by atoms with Gasteiger partial charge in [0.15, 0.2) is 0 Å². The highest BCUT2D eigenvalue weighted by atomic mass is 19.1. The third-order valence-electron chi connectivity index (χ3n) is 5.51. The molecule has 2 aromatic rings. The van der Waals surface area contributed by atoms with Crippen molar-refractivity contribution in [1.82, 2.24) is 19.6 Å². The summed E-state index contributed by atoms with van der Waals surface area (Å²) in [5.41, 5.74) is 3.22. The van der Waals surface area contributed by atoms with Crippen LogP contribution >= 0.6 is 0 Å². The van der Waals surface area contributed by atoms with Gasteiger partial charge in [0.1, 0.15) is 11.9 Å². The van der Waals surface area contributed by atoms with Crippen molar-refractivity contribution in [2.75, 3.05) is 19.6 Å². The van der Waals surface area contributed by atoms with Gasteiger partial charge in [-0.25, -0.2) is 9.18 Å². The number of nitrogens with zero attached hydrogens (tertiary/aromatic N) is 4. The van der Waals surface area contributed by atoms with Crippen molar-refractivity contribution >= 4 is 6.09 Å². The largest absolute Gasteiger partial charge is 0.442 e. The number of aryl methyl sites for hydroxylation is 1. The van der Waals surface area contributed by atoms with E-state index in [2.05, 4.69) is 22.8 Å². The predicted molar refractivity (Wildman–Crippen MR) is 103 cm³/mol. The molecule has 4 rings (SSSR count). The molecule has 28 heavy (non-hydrogen) atoms. The molecule has 0 aliphatic carbocycles. The van der Waals surface area contributed by atoms with Gasteiger partial charge in [0.2, 0.25) is 0 Å². The number of halogens is 1. The van der Waals surface area contributed by atoms with E-state index in [0.717, 1.165) is 30.9 Å². The van der Waals surface area contributed by atoms with Gasteiger partial charge in [0.25, 0.3) is 0 Å². The Bertz CT molecular complexity index is 864. The van der Waals surface area contributed by atoms with Crippen molar-refractivity contribution in [3.8, 4) is 0 Å². The Balaban J connectivity index is 1.37. The molecule has 2 atom stereocenters. The van der Waals surface area contributed by atoms with Crippen LogP contribution in [0.5, 0.6) is 0 Å². The second-order valence-electron chi connectivity index (χ2n) is 7.50. The molecule has 3 heterocycles. The molecular formula is C21H25FN4O2. The maximum Gasteiger partial charge on any atom is 0.410 e. The number of amides is 1. The molecule has 0 spiro atoms. The van der Waals surface area contributed by atoms with Gasteiger partial charge in [-0.2, -0.15) is 5.10 Å². The average Bonchev–Trinajstić information content (AvgIpc) is 3.28. The molecule has 2 aliphatic heterocycles. The van der Waals surface area contributed by atoms with Crippen molar-refractivity contribution in [3.63, 3.8) is 0 Å². The summed E-state index contributed by atoms with van der Waals surface area (Å²) < 4.78 is 20.6. The number of rotatable bonds is 7. The number of allylic oxidation sites excluding steroid dienone is 1. The van der Waals surface area contributed by atoms with E-state index in [1.165, 1.54) is 17.7 Å². The summed E-state index contributed by atoms with van der Waals surface area (Å²) in [6, 6.07) is 6.49. The standard InChI is InChI=1S/C21H25FN4O2/c1-3-9-25-12-17(15(2)23-25)11-24-13-19-20(14-24)28-21(27)26(19)10-8-16-4-6-18(22)7-5-16/h3-7,12,19-20H,1,8-11,13-14H2,2H3/t19-,20+/m1/s1. The number of benzene rings is 1. The van der Waals surface area contributed by atoms with Gasteiger partial charge in [-0.15, -0.1) is 6.58 Å². The van der Waals surface area contributed by atoms with Gasteiger partial charge in [-0.1, -0.05) is 18.2 Å². The number of hydrogen-bond acceptors (Lipinski definition) is 4. The number of carbonyl (C=O) groups excluding carboxylic acids is 1. The first-order valence-corrected chi connectivity index (χ1v) is 9.61. The SMILES string of the molecule is C=CCn1cc(CN2C[C@@H]3OC(=O)N(CCc4ccc(F)cc4)[C@@H]3C2)c(C)n1. The van der Waals surface area contributed by atoms with Gasteiger partial charge >= 0.3 is 6.09 Å². The van der Waals surface area contributed by atoms with Crippen LogP contribution in [0, 0.1) is 12.7 Å². The summed E-state index contributed by atoms with van der Waals surface area (Å²) in [5.74, 6) is -0.248. The van der Waals surface area contributed by atoms with E-state index in [1.54, 1.807) is 12.1 Å². The minimum atomic E-state index is -0.248. The minimum Gasteiger partial charge on any atom is -0.442 e. The lowest BCUT2D eigenvalue weighted by Gasteiger charge is -2.22. The molecule has 2 aliphatic rings. The molecular weight excluding hydrogens is 359 g/mol. The number of ether oxygens (including phenoxy) is 1. The third kappa shape index (κ3) is 3.80. The molecule has 1 aromatic heterocycles. The molecule has 148 valence electrons. The Morgan fingerprint density at radius 1 is 1.32 bits per heavy atom. The van der Waals surface area contributed by atoms with Crippen LogP contribution in [0.3, 0.4) is 0 Å². The first-order valence-electron chi connectivity index (χ1n) is 9.61. The first-order chi connectivity index (χ1) is 13.5. The summed E-state index contributed by atoms with van der Waals surface area (Å²) in [6.07, 6.45) is 4.24. The van der Waals surface area contributed by atoms with Crippen LogP contribution in [0.15, 0.2) is 43.1 Å². The van der Waals surface area contributed by atoms with Crippen molar-refractivity contribution in [2.45, 2.75) is 38.6 Å². The van der Waals surface area contributed by atoms with Crippen LogP contribution in [0.25, 0.3) is 0 Å². The molecule has 0 radical (unpaired) electrons. The zero-order chi connectivity index (χ0) is 19.7. The van der Waals surface area contributed by atoms with E-state index in [4.69, 9.17) is 4.74 Å². The fraction of sp³-hybridized carbons (Fsp3) is 0.429. The molecule has 1 amide bonds.